The number of anilines is 2. The number of aliphatic hydroxyl groups is 1. The van der Waals surface area contributed by atoms with Crippen LogP contribution in [-0.4, -0.2) is 66.4 Å². The number of carboxylic acids is 1. The van der Waals surface area contributed by atoms with Gasteiger partial charge < -0.3 is 25.7 Å². The van der Waals surface area contributed by atoms with Gasteiger partial charge in [0.2, 0.25) is 5.91 Å². The highest BCUT2D eigenvalue weighted by atomic mass is 35.5. The zero-order chi connectivity index (χ0) is 27.6. The van der Waals surface area contributed by atoms with Gasteiger partial charge in [-0.25, -0.2) is 18.0 Å². The highest BCUT2D eigenvalue weighted by Crippen LogP contribution is 2.35. The Hall–Kier alpha value is -3.93. The lowest BCUT2D eigenvalue weighted by Gasteiger charge is -2.24. The monoisotopic (exact) mass is 557 g/mol. The molecule has 38 heavy (non-hydrogen) atoms. The van der Waals surface area contributed by atoms with E-state index in [0.717, 1.165) is 11.2 Å². The van der Waals surface area contributed by atoms with Gasteiger partial charge in [-0.1, -0.05) is 48.0 Å². The average Bonchev–Trinajstić information content (AvgIpc) is 3.27. The van der Waals surface area contributed by atoms with Crippen LogP contribution in [0, 0.1) is 0 Å². The number of β-amino-alcohol motifs (C(OH)–C–C–N with tert-alkyl or cyclic N) is 1. The molecule has 1 aliphatic heterocycles. The molecule has 10 nitrogen and oxygen atoms in total. The molecule has 0 radical (unpaired) electrons. The molecule has 0 spiro atoms. The molecule has 0 aliphatic carbocycles. The van der Waals surface area contributed by atoms with Crippen molar-refractivity contribution in [3.63, 3.8) is 0 Å². The van der Waals surface area contributed by atoms with Gasteiger partial charge in [0.1, 0.15) is 11.6 Å². The average molecular weight is 558 g/mol. The van der Waals surface area contributed by atoms with Crippen LogP contribution >= 0.6 is 11.6 Å². The number of benzene rings is 3. The first-order valence-corrected chi connectivity index (χ1v) is 13.7. The summed E-state index contributed by atoms with van der Waals surface area (Å²) in [6, 6.07) is 15.6. The fourth-order valence-electron chi connectivity index (χ4n) is 4.36. The smallest absolute Gasteiger partial charge is 0.339 e. The van der Waals surface area contributed by atoms with Gasteiger partial charge in [-0.05, 0) is 35.9 Å². The van der Waals surface area contributed by atoms with Crippen molar-refractivity contribution >= 4 is 50.7 Å². The molecule has 3 aromatic rings. The summed E-state index contributed by atoms with van der Waals surface area (Å²) < 4.78 is 25.5. The zero-order valence-corrected chi connectivity index (χ0v) is 21.7. The Balaban J connectivity index is 1.67. The van der Waals surface area contributed by atoms with E-state index < -0.39 is 50.3 Å². The number of halogens is 1. The van der Waals surface area contributed by atoms with Crippen LogP contribution in [-0.2, 0) is 14.6 Å². The van der Waals surface area contributed by atoms with E-state index in [0.29, 0.717) is 16.3 Å². The molecular weight excluding hydrogens is 534 g/mol. The molecule has 1 saturated heterocycles. The lowest BCUT2D eigenvalue weighted by atomic mass is 10.0. The minimum Gasteiger partial charge on any atom is -0.478 e. The van der Waals surface area contributed by atoms with Gasteiger partial charge in [0.25, 0.3) is 0 Å². The van der Waals surface area contributed by atoms with E-state index in [1.165, 1.54) is 12.1 Å². The zero-order valence-electron chi connectivity index (χ0n) is 20.1. The minimum absolute atomic E-state index is 0.0939. The SMILES string of the molecule is CS(=O)(=O)c1c(-c2ccccc2)ccc(NC(=O)C2CC(O)CN2C(=O)Nc2ccc(Cl)cc2)c1C(=O)O. The fraction of sp³-hybridized carbons (Fsp3) is 0.192. The molecule has 1 fully saturated rings. The number of rotatable bonds is 6. The highest BCUT2D eigenvalue weighted by Gasteiger charge is 2.40. The lowest BCUT2D eigenvalue weighted by molar-refractivity contribution is -0.119. The molecular formula is C26H24ClN3O7S. The number of nitrogens with zero attached hydrogens (tertiary/aromatic N) is 1. The molecule has 1 heterocycles. The third kappa shape index (κ3) is 5.80. The van der Waals surface area contributed by atoms with Crippen LogP contribution in [0.3, 0.4) is 0 Å². The number of hydrogen-bond donors (Lipinski definition) is 4. The summed E-state index contributed by atoms with van der Waals surface area (Å²) >= 11 is 5.87. The predicted molar refractivity (Wildman–Crippen MR) is 142 cm³/mol. The van der Waals surface area contributed by atoms with E-state index in [-0.39, 0.29) is 24.2 Å². The summed E-state index contributed by atoms with van der Waals surface area (Å²) in [4.78, 5) is 39.1. The van der Waals surface area contributed by atoms with Gasteiger partial charge in [-0.3, -0.25) is 4.79 Å². The van der Waals surface area contributed by atoms with Gasteiger partial charge in [0, 0.05) is 35.5 Å². The van der Waals surface area contributed by atoms with Crippen LogP contribution in [0.15, 0.2) is 71.6 Å². The number of hydrogen-bond acceptors (Lipinski definition) is 6. The molecule has 1 aliphatic rings. The van der Waals surface area contributed by atoms with Gasteiger partial charge in [-0.15, -0.1) is 0 Å². The van der Waals surface area contributed by atoms with E-state index in [4.69, 9.17) is 11.6 Å². The molecule has 3 amide bonds. The number of amides is 3. The van der Waals surface area contributed by atoms with Crippen molar-refractivity contribution in [1.82, 2.24) is 4.90 Å². The van der Waals surface area contributed by atoms with E-state index >= 15 is 0 Å². The van der Waals surface area contributed by atoms with Crippen LogP contribution in [0.5, 0.6) is 0 Å². The van der Waals surface area contributed by atoms with Crippen LogP contribution in [0.25, 0.3) is 11.1 Å². The summed E-state index contributed by atoms with van der Waals surface area (Å²) in [7, 11) is -4.06. The number of carbonyl (C=O) groups is 3. The van der Waals surface area contributed by atoms with Gasteiger partial charge in [-0.2, -0.15) is 0 Å². The first-order valence-electron chi connectivity index (χ1n) is 11.4. The normalized spacial score (nSPS) is 17.2. The molecule has 4 rings (SSSR count). The van der Waals surface area contributed by atoms with E-state index in [2.05, 4.69) is 10.6 Å². The number of likely N-dealkylation sites (tertiary alicyclic amines) is 1. The Bertz CT molecular complexity index is 1500. The first-order chi connectivity index (χ1) is 18.0. The third-order valence-corrected chi connectivity index (χ3v) is 7.44. The van der Waals surface area contributed by atoms with Crippen molar-refractivity contribution in [3.8, 4) is 11.1 Å². The second kappa shape index (κ2) is 10.8. The van der Waals surface area contributed by atoms with Crippen molar-refractivity contribution in [1.29, 1.82) is 0 Å². The number of nitrogens with one attached hydrogen (secondary N) is 2. The molecule has 3 aromatic carbocycles. The van der Waals surface area contributed by atoms with Crippen molar-refractivity contribution < 1.29 is 33.0 Å². The molecule has 198 valence electrons. The largest absolute Gasteiger partial charge is 0.478 e. The maximum atomic E-state index is 13.3. The van der Waals surface area contributed by atoms with E-state index in [1.54, 1.807) is 54.6 Å². The van der Waals surface area contributed by atoms with Crippen molar-refractivity contribution in [2.75, 3.05) is 23.4 Å². The van der Waals surface area contributed by atoms with Crippen molar-refractivity contribution in [2.24, 2.45) is 0 Å². The Morgan fingerprint density at radius 3 is 2.24 bits per heavy atom. The molecule has 2 unspecified atom stereocenters. The first kappa shape index (κ1) is 27.1. The highest BCUT2D eigenvalue weighted by molar-refractivity contribution is 7.91. The number of aromatic carboxylic acids is 1. The number of sulfone groups is 1. The molecule has 2 atom stereocenters. The Morgan fingerprint density at radius 1 is 0.974 bits per heavy atom. The Kier molecular flexibility index (Phi) is 7.72. The standard InChI is InChI=1S/C26H24ClN3O7S/c1-38(36,37)23-19(15-5-3-2-4-6-15)11-12-20(22(23)25(33)34)29-24(32)21-13-18(31)14-30(21)26(35)28-17-9-7-16(27)8-10-17/h2-12,18,21,31H,13-14H2,1H3,(H,28,35)(H,29,32)(H,33,34). The molecule has 12 heteroatoms. The second-order valence-corrected chi connectivity index (χ2v) is 11.2. The number of carboxylic acid groups (broad SMARTS) is 1. The summed E-state index contributed by atoms with van der Waals surface area (Å²) in [5.41, 5.74) is 0.225. The molecule has 0 aromatic heterocycles. The van der Waals surface area contributed by atoms with Crippen LogP contribution in [0.1, 0.15) is 16.8 Å². The Morgan fingerprint density at radius 2 is 1.63 bits per heavy atom. The predicted octanol–water partition coefficient (Wildman–Crippen LogP) is 3.71. The summed E-state index contributed by atoms with van der Waals surface area (Å²) in [6.07, 6.45) is -0.195. The molecule has 0 bridgehead atoms. The minimum atomic E-state index is -4.06. The molecule has 4 N–H and O–H groups in total. The summed E-state index contributed by atoms with van der Waals surface area (Å²) in [5, 5.41) is 25.8. The Labute approximate surface area is 223 Å². The topological polar surface area (TPSA) is 153 Å². The summed E-state index contributed by atoms with van der Waals surface area (Å²) in [5.74, 6) is -2.33. The number of urea groups is 1. The van der Waals surface area contributed by atoms with Gasteiger partial charge in [0.15, 0.2) is 9.84 Å². The van der Waals surface area contributed by atoms with Gasteiger partial charge >= 0.3 is 12.0 Å². The van der Waals surface area contributed by atoms with Crippen LogP contribution in [0.2, 0.25) is 5.02 Å². The number of carbonyl (C=O) groups excluding carboxylic acids is 2. The van der Waals surface area contributed by atoms with Crippen molar-refractivity contribution in [3.05, 3.63) is 77.3 Å². The lowest BCUT2D eigenvalue weighted by Crippen LogP contribution is -2.45. The second-order valence-electron chi connectivity index (χ2n) is 8.79. The third-order valence-electron chi connectivity index (χ3n) is 6.02. The van der Waals surface area contributed by atoms with Crippen LogP contribution in [0.4, 0.5) is 16.2 Å². The van der Waals surface area contributed by atoms with E-state index in [1.807, 2.05) is 0 Å². The summed E-state index contributed by atoms with van der Waals surface area (Å²) in [6.45, 7) is -0.134. The van der Waals surface area contributed by atoms with E-state index in [9.17, 15) is 33.0 Å². The molecule has 0 saturated carbocycles. The van der Waals surface area contributed by atoms with Crippen molar-refractivity contribution in [2.45, 2.75) is 23.5 Å². The maximum absolute atomic E-state index is 13.3. The quantitative estimate of drug-likeness (QED) is 0.360. The fourth-order valence-corrected chi connectivity index (χ4v) is 5.64. The van der Waals surface area contributed by atoms with Gasteiger partial charge in [0.05, 0.1) is 16.7 Å². The number of aliphatic hydroxyl groups excluding tert-OH is 1. The maximum Gasteiger partial charge on any atom is 0.339 e. The van der Waals surface area contributed by atoms with Crippen LogP contribution < -0.4 is 10.6 Å².